The van der Waals surface area contributed by atoms with Crippen molar-refractivity contribution in [2.75, 3.05) is 14.7 Å². The van der Waals surface area contributed by atoms with Gasteiger partial charge in [0.2, 0.25) is 0 Å². The van der Waals surface area contributed by atoms with E-state index in [1.54, 1.807) is 11.3 Å². The van der Waals surface area contributed by atoms with Crippen LogP contribution in [0.25, 0.3) is 10.1 Å². The second kappa shape index (κ2) is 21.1. The molecule has 1 aromatic heterocycles. The third-order valence-corrected chi connectivity index (χ3v) is 16.4. The zero-order chi connectivity index (χ0) is 53.7. The highest BCUT2D eigenvalue weighted by molar-refractivity contribution is 14.1. The van der Waals surface area contributed by atoms with E-state index in [0.29, 0.717) is 5.02 Å². The van der Waals surface area contributed by atoms with Gasteiger partial charge >= 0.3 is 0 Å². The van der Waals surface area contributed by atoms with E-state index in [1.807, 2.05) is 0 Å². The fraction of sp³-hybridized carbons (Fsp3) is 0.373. The van der Waals surface area contributed by atoms with Crippen LogP contribution in [-0.4, -0.2) is 4.05 Å². The van der Waals surface area contributed by atoms with Gasteiger partial charge in [-0.1, -0.05) is 205 Å². The average Bonchev–Trinajstić information content (AvgIpc) is 3.71. The summed E-state index contributed by atoms with van der Waals surface area (Å²) in [5.74, 6) is 0. The van der Waals surface area contributed by atoms with Crippen LogP contribution in [0.15, 0.2) is 144 Å². The number of hydrogen-bond acceptors (Lipinski definition) is 4. The summed E-state index contributed by atoms with van der Waals surface area (Å²) in [5, 5.41) is 4.23. The van der Waals surface area contributed by atoms with Crippen LogP contribution in [0.4, 0.5) is 45.5 Å². The Morgan fingerprint density at radius 3 is 1.51 bits per heavy atom. The van der Waals surface area contributed by atoms with Gasteiger partial charge in [0.25, 0.3) is 0 Å². The SMILES string of the molecule is C/C=C(\C=C/C(I)N(c1cc(C)cc(N(c2ccc(C(C)(C)C)cc2)c2cccc(N(c3ccc(C(C)(C)C)cc3)c3c(C)cc(C(C)(C)C)cc3C)c2)c1Cl)c1csc2ccc(C(C)(C)C)cc12)C(C)(C)C. The van der Waals surface area contributed by atoms with Gasteiger partial charge in [-0.3, -0.25) is 0 Å². The molecule has 0 bridgehead atoms. The fourth-order valence-corrected chi connectivity index (χ4v) is 11.8. The Labute approximate surface area is 463 Å². The highest BCUT2D eigenvalue weighted by Gasteiger charge is 2.30. The number of thiophene rings is 1. The van der Waals surface area contributed by atoms with Gasteiger partial charge < -0.3 is 14.7 Å². The smallest absolute Gasteiger partial charge is 0.104 e. The molecule has 384 valence electrons. The van der Waals surface area contributed by atoms with Crippen LogP contribution in [-0.2, 0) is 21.7 Å². The van der Waals surface area contributed by atoms with Crippen molar-refractivity contribution in [2.24, 2.45) is 5.41 Å². The molecule has 0 fully saturated rings. The minimum atomic E-state index is -0.0876. The van der Waals surface area contributed by atoms with Crippen molar-refractivity contribution in [1.29, 1.82) is 0 Å². The number of fused-ring (bicyclic) bond motifs is 1. The molecule has 0 spiro atoms. The van der Waals surface area contributed by atoms with Crippen LogP contribution in [0.1, 0.15) is 150 Å². The Morgan fingerprint density at radius 1 is 0.534 bits per heavy atom. The maximum absolute atomic E-state index is 8.16. The number of nitrogens with zero attached hydrogens (tertiary/aromatic N) is 3. The summed E-state index contributed by atoms with van der Waals surface area (Å²) in [5.41, 5.74) is 18.5. The Hall–Kier alpha value is -4.82. The van der Waals surface area contributed by atoms with E-state index in [1.165, 1.54) is 54.7 Å². The summed E-state index contributed by atoms with van der Waals surface area (Å²) >= 11 is 12.6. The van der Waals surface area contributed by atoms with Gasteiger partial charge in [-0.15, -0.1) is 11.3 Å². The summed E-state index contributed by atoms with van der Waals surface area (Å²) in [7, 11) is 0. The topological polar surface area (TPSA) is 9.72 Å². The van der Waals surface area contributed by atoms with Crippen molar-refractivity contribution >= 4 is 101 Å². The minimum absolute atomic E-state index is 0.00637. The summed E-state index contributed by atoms with van der Waals surface area (Å²) in [4.78, 5) is 7.29. The van der Waals surface area contributed by atoms with Gasteiger partial charge in [-0.2, -0.15) is 0 Å². The molecule has 0 aliphatic heterocycles. The monoisotopic (exact) mass is 1120 g/mol. The number of halogens is 2. The zero-order valence-corrected chi connectivity index (χ0v) is 51.1. The summed E-state index contributed by atoms with van der Waals surface area (Å²) in [6, 6.07) is 43.6. The highest BCUT2D eigenvalue weighted by Crippen LogP contribution is 2.51. The van der Waals surface area contributed by atoms with Crippen molar-refractivity contribution in [1.82, 2.24) is 0 Å². The van der Waals surface area contributed by atoms with Crippen LogP contribution >= 0.6 is 45.5 Å². The van der Waals surface area contributed by atoms with Crippen molar-refractivity contribution in [3.63, 3.8) is 0 Å². The number of alkyl halides is 1. The van der Waals surface area contributed by atoms with E-state index in [0.717, 1.165) is 45.4 Å². The molecule has 0 N–H and O–H groups in total. The summed E-state index contributed by atoms with van der Waals surface area (Å²) in [6.07, 6.45) is 6.88. The van der Waals surface area contributed by atoms with Crippen molar-refractivity contribution in [3.8, 4) is 0 Å². The second-order valence-electron chi connectivity index (χ2n) is 25.3. The van der Waals surface area contributed by atoms with Gasteiger partial charge in [-0.05, 0) is 166 Å². The lowest BCUT2D eigenvalue weighted by molar-refractivity contribution is 0.516. The van der Waals surface area contributed by atoms with Crippen molar-refractivity contribution in [2.45, 2.75) is 157 Å². The number of rotatable bonds is 11. The normalized spacial score (nSPS) is 13.5. The predicted molar refractivity (Wildman–Crippen MR) is 334 cm³/mol. The lowest BCUT2D eigenvalue weighted by Gasteiger charge is -2.34. The highest BCUT2D eigenvalue weighted by atomic mass is 127. The number of allylic oxidation sites excluding steroid dienone is 3. The number of anilines is 8. The molecular formula is C67H81ClIN3S. The zero-order valence-electron chi connectivity index (χ0n) is 47.4. The first-order valence-electron chi connectivity index (χ1n) is 26.0. The van der Waals surface area contributed by atoms with Gasteiger partial charge in [0, 0.05) is 38.2 Å². The van der Waals surface area contributed by atoms with E-state index >= 15 is 0 Å². The first kappa shape index (κ1) is 55.9. The maximum atomic E-state index is 8.16. The molecule has 0 saturated carbocycles. The summed E-state index contributed by atoms with van der Waals surface area (Å²) < 4.78 is 1.16. The van der Waals surface area contributed by atoms with Crippen LogP contribution in [0.2, 0.25) is 5.02 Å². The summed E-state index contributed by atoms with van der Waals surface area (Å²) in [6.45, 7) is 43.1. The fourth-order valence-electron chi connectivity index (χ4n) is 9.75. The van der Waals surface area contributed by atoms with E-state index < -0.39 is 0 Å². The molecule has 0 aliphatic carbocycles. The molecule has 1 unspecified atom stereocenters. The van der Waals surface area contributed by atoms with Gasteiger partial charge in [0.1, 0.15) is 4.05 Å². The largest absolute Gasteiger partial charge is 0.323 e. The Kier molecular flexibility index (Phi) is 16.1. The van der Waals surface area contributed by atoms with E-state index in [2.05, 4.69) is 308 Å². The Bertz CT molecular complexity index is 3130. The van der Waals surface area contributed by atoms with E-state index in [4.69, 9.17) is 11.6 Å². The van der Waals surface area contributed by atoms with Gasteiger partial charge in [0.15, 0.2) is 0 Å². The first-order chi connectivity index (χ1) is 33.9. The molecule has 0 amide bonds. The lowest BCUT2D eigenvalue weighted by atomic mass is 9.84. The standard InChI is InChI=1S/C67H81ClIN3S/c1-20-46(63(5,6)7)29-35-60(69)72(58-42-73-59-34-28-49(40-55(58)59)66(14,15)16)57-37-43(2)36-56(61(57)68)70(51-30-24-47(25-31-51)64(8,9)10)53-22-21-23-54(41-53)71(52-32-26-48(27-33-52)65(11,12)13)62-44(3)38-50(39-45(62)4)67(17,18)19/h20-42,60H,1-19H3/b35-29-,46-20+. The molecule has 6 heteroatoms. The minimum Gasteiger partial charge on any atom is -0.323 e. The first-order valence-corrected chi connectivity index (χ1v) is 28.5. The third-order valence-electron chi connectivity index (χ3n) is 14.1. The molecule has 6 aromatic carbocycles. The van der Waals surface area contributed by atoms with Crippen LogP contribution in [0.5, 0.6) is 0 Å². The van der Waals surface area contributed by atoms with E-state index in [-0.39, 0.29) is 31.1 Å². The molecule has 7 aromatic rings. The molecule has 1 atom stereocenters. The predicted octanol–water partition coefficient (Wildman–Crippen LogP) is 22.1. The van der Waals surface area contributed by atoms with E-state index in [9.17, 15) is 0 Å². The van der Waals surface area contributed by atoms with Crippen LogP contribution < -0.4 is 14.7 Å². The third kappa shape index (κ3) is 12.3. The molecule has 1 heterocycles. The molecule has 0 saturated heterocycles. The lowest BCUT2D eigenvalue weighted by Crippen LogP contribution is -2.25. The number of aryl methyl sites for hydroxylation is 3. The molecule has 0 radical (unpaired) electrons. The quantitative estimate of drug-likeness (QED) is 0.0553. The maximum Gasteiger partial charge on any atom is 0.104 e. The van der Waals surface area contributed by atoms with Gasteiger partial charge in [0.05, 0.1) is 27.8 Å². The molecule has 0 aliphatic rings. The number of hydrogen-bond donors (Lipinski definition) is 0. The molecular weight excluding hydrogens is 1040 g/mol. The van der Waals surface area contributed by atoms with Crippen molar-refractivity contribution < 1.29 is 0 Å². The Balaban J connectivity index is 1.50. The van der Waals surface area contributed by atoms with Crippen LogP contribution in [0.3, 0.4) is 0 Å². The molecule has 7 rings (SSSR count). The Morgan fingerprint density at radius 2 is 1.01 bits per heavy atom. The van der Waals surface area contributed by atoms with Gasteiger partial charge in [-0.25, -0.2) is 0 Å². The second-order valence-corrected chi connectivity index (χ2v) is 27.9. The molecule has 73 heavy (non-hydrogen) atoms. The van der Waals surface area contributed by atoms with Crippen LogP contribution in [0, 0.1) is 26.2 Å². The average molecular weight is 1120 g/mol. The molecule has 3 nitrogen and oxygen atoms in total. The number of benzene rings is 6. The van der Waals surface area contributed by atoms with Crippen molar-refractivity contribution in [3.05, 3.63) is 188 Å².